The monoisotopic (exact) mass is 192 g/mol. The molecule has 0 spiro atoms. The second-order valence-electron chi connectivity index (χ2n) is 3.83. The fraction of sp³-hybridized carbons (Fsp3) is 0.455. The molecule has 3 heteroatoms. The van der Waals surface area contributed by atoms with Gasteiger partial charge in [-0.15, -0.1) is 0 Å². The quantitative estimate of drug-likeness (QED) is 0.798. The van der Waals surface area contributed by atoms with Crippen molar-refractivity contribution in [2.45, 2.75) is 27.2 Å². The molecule has 0 aliphatic carbocycles. The fourth-order valence-corrected chi connectivity index (χ4v) is 1.32. The predicted molar refractivity (Wildman–Crippen MR) is 57.1 cm³/mol. The Morgan fingerprint density at radius 3 is 2.86 bits per heavy atom. The molecule has 14 heavy (non-hydrogen) atoms. The van der Waals surface area contributed by atoms with Crippen LogP contribution in [0.2, 0.25) is 0 Å². The lowest BCUT2D eigenvalue weighted by Crippen LogP contribution is -2.07. The first-order valence-corrected chi connectivity index (χ1v) is 4.80. The summed E-state index contributed by atoms with van der Waals surface area (Å²) in [6, 6.07) is 3.90. The van der Waals surface area contributed by atoms with E-state index in [0.717, 1.165) is 6.42 Å². The SMILES string of the molecule is CC(=O)Nc1cc(CC(C)C)ccn1. The van der Waals surface area contributed by atoms with E-state index in [0.29, 0.717) is 11.7 Å². The van der Waals surface area contributed by atoms with Gasteiger partial charge in [-0.05, 0) is 30.0 Å². The summed E-state index contributed by atoms with van der Waals surface area (Å²) in [4.78, 5) is 14.9. The van der Waals surface area contributed by atoms with Gasteiger partial charge in [-0.3, -0.25) is 4.79 Å². The molecule has 0 unspecified atom stereocenters. The number of nitrogens with one attached hydrogen (secondary N) is 1. The van der Waals surface area contributed by atoms with Gasteiger partial charge in [0, 0.05) is 13.1 Å². The van der Waals surface area contributed by atoms with Gasteiger partial charge < -0.3 is 5.32 Å². The van der Waals surface area contributed by atoms with Crippen molar-refractivity contribution in [2.24, 2.45) is 5.92 Å². The normalized spacial score (nSPS) is 10.3. The number of carbonyl (C=O) groups excluding carboxylic acids is 1. The minimum atomic E-state index is -0.0841. The van der Waals surface area contributed by atoms with Crippen LogP contribution in [0.5, 0.6) is 0 Å². The van der Waals surface area contributed by atoms with Crippen molar-refractivity contribution in [3.8, 4) is 0 Å². The fourth-order valence-electron chi connectivity index (χ4n) is 1.32. The first kappa shape index (κ1) is 10.7. The molecule has 0 saturated carbocycles. The summed E-state index contributed by atoms with van der Waals surface area (Å²) >= 11 is 0. The highest BCUT2D eigenvalue weighted by atomic mass is 16.1. The zero-order valence-electron chi connectivity index (χ0n) is 8.87. The third-order valence-corrected chi connectivity index (χ3v) is 1.77. The molecule has 0 atom stereocenters. The lowest BCUT2D eigenvalue weighted by atomic mass is 10.0. The summed E-state index contributed by atoms with van der Waals surface area (Å²) in [5.41, 5.74) is 1.21. The zero-order valence-corrected chi connectivity index (χ0v) is 8.87. The lowest BCUT2D eigenvalue weighted by Gasteiger charge is -2.06. The Morgan fingerprint density at radius 2 is 2.29 bits per heavy atom. The number of hydrogen-bond acceptors (Lipinski definition) is 2. The summed E-state index contributed by atoms with van der Waals surface area (Å²) in [5, 5.41) is 2.67. The molecule has 1 aromatic rings. The van der Waals surface area contributed by atoms with Crippen LogP contribution in [0.4, 0.5) is 5.82 Å². The molecule has 1 rings (SSSR count). The largest absolute Gasteiger partial charge is 0.311 e. The molecule has 3 nitrogen and oxygen atoms in total. The first-order chi connectivity index (χ1) is 6.58. The molecule has 0 aliphatic rings. The van der Waals surface area contributed by atoms with Crippen LogP contribution in [0.25, 0.3) is 0 Å². The first-order valence-electron chi connectivity index (χ1n) is 4.80. The third kappa shape index (κ3) is 3.56. The van der Waals surface area contributed by atoms with E-state index in [9.17, 15) is 4.79 Å². The Bertz CT molecular complexity index is 321. The van der Waals surface area contributed by atoms with Gasteiger partial charge in [0.25, 0.3) is 0 Å². The number of pyridine rings is 1. The van der Waals surface area contributed by atoms with Gasteiger partial charge in [-0.25, -0.2) is 4.98 Å². The van der Waals surface area contributed by atoms with E-state index in [1.54, 1.807) is 6.20 Å². The second kappa shape index (κ2) is 4.74. The Balaban J connectivity index is 2.73. The summed E-state index contributed by atoms with van der Waals surface area (Å²) in [7, 11) is 0. The molecular weight excluding hydrogens is 176 g/mol. The van der Waals surface area contributed by atoms with E-state index in [1.165, 1.54) is 12.5 Å². The van der Waals surface area contributed by atoms with Gasteiger partial charge in [0.15, 0.2) is 0 Å². The van der Waals surface area contributed by atoms with E-state index in [4.69, 9.17) is 0 Å². The van der Waals surface area contributed by atoms with Crippen LogP contribution >= 0.6 is 0 Å². The van der Waals surface area contributed by atoms with Crippen molar-refractivity contribution >= 4 is 11.7 Å². The average Bonchev–Trinajstić information content (AvgIpc) is 2.01. The second-order valence-corrected chi connectivity index (χ2v) is 3.83. The summed E-state index contributed by atoms with van der Waals surface area (Å²) < 4.78 is 0. The maximum Gasteiger partial charge on any atom is 0.222 e. The van der Waals surface area contributed by atoms with E-state index in [-0.39, 0.29) is 5.91 Å². The van der Waals surface area contributed by atoms with Crippen molar-refractivity contribution in [2.75, 3.05) is 5.32 Å². The Morgan fingerprint density at radius 1 is 1.57 bits per heavy atom. The van der Waals surface area contributed by atoms with Gasteiger partial charge >= 0.3 is 0 Å². The molecule has 1 N–H and O–H groups in total. The molecule has 0 bridgehead atoms. The van der Waals surface area contributed by atoms with Crippen LogP contribution in [0.15, 0.2) is 18.3 Å². The van der Waals surface area contributed by atoms with E-state index >= 15 is 0 Å². The number of nitrogens with zero attached hydrogens (tertiary/aromatic N) is 1. The van der Waals surface area contributed by atoms with Crippen molar-refractivity contribution in [1.82, 2.24) is 4.98 Å². The minimum absolute atomic E-state index is 0.0841. The molecule has 0 fully saturated rings. The van der Waals surface area contributed by atoms with Gasteiger partial charge in [-0.1, -0.05) is 13.8 Å². The van der Waals surface area contributed by atoms with Crippen LogP contribution in [-0.2, 0) is 11.2 Å². The highest BCUT2D eigenvalue weighted by molar-refractivity contribution is 5.87. The number of carbonyl (C=O) groups is 1. The maximum atomic E-state index is 10.8. The van der Waals surface area contributed by atoms with Crippen LogP contribution < -0.4 is 5.32 Å². The van der Waals surface area contributed by atoms with Crippen LogP contribution in [-0.4, -0.2) is 10.9 Å². The summed E-state index contributed by atoms with van der Waals surface area (Å²) in [5.74, 6) is 1.16. The molecule has 76 valence electrons. The van der Waals surface area contributed by atoms with Crippen molar-refractivity contribution < 1.29 is 4.79 Å². The standard InChI is InChI=1S/C11H16N2O/c1-8(2)6-10-4-5-12-11(7-10)13-9(3)14/h4-5,7-8H,6H2,1-3H3,(H,12,13,14). The summed E-state index contributed by atoms with van der Waals surface area (Å²) in [6.07, 6.45) is 2.73. The van der Waals surface area contributed by atoms with Gasteiger partial charge in [0.05, 0.1) is 0 Å². The van der Waals surface area contributed by atoms with E-state index in [1.807, 2.05) is 12.1 Å². The average molecular weight is 192 g/mol. The minimum Gasteiger partial charge on any atom is -0.311 e. The Kier molecular flexibility index (Phi) is 3.63. The number of amides is 1. The van der Waals surface area contributed by atoms with E-state index < -0.39 is 0 Å². The molecule has 1 heterocycles. The zero-order chi connectivity index (χ0) is 10.6. The Labute approximate surface area is 84.6 Å². The van der Waals surface area contributed by atoms with Crippen molar-refractivity contribution in [3.63, 3.8) is 0 Å². The molecular formula is C11H16N2O. The van der Waals surface area contributed by atoms with Gasteiger partial charge in [-0.2, -0.15) is 0 Å². The van der Waals surface area contributed by atoms with E-state index in [2.05, 4.69) is 24.1 Å². The molecule has 0 radical (unpaired) electrons. The highest BCUT2D eigenvalue weighted by Crippen LogP contribution is 2.11. The Hall–Kier alpha value is -1.38. The lowest BCUT2D eigenvalue weighted by molar-refractivity contribution is -0.114. The molecule has 0 aromatic carbocycles. The number of aromatic nitrogens is 1. The number of hydrogen-bond donors (Lipinski definition) is 1. The molecule has 1 amide bonds. The van der Waals surface area contributed by atoms with Crippen LogP contribution in [0.1, 0.15) is 26.3 Å². The molecule has 0 aliphatic heterocycles. The van der Waals surface area contributed by atoms with Crippen molar-refractivity contribution in [3.05, 3.63) is 23.9 Å². The number of anilines is 1. The number of rotatable bonds is 3. The van der Waals surface area contributed by atoms with Crippen LogP contribution in [0, 0.1) is 5.92 Å². The van der Waals surface area contributed by atoms with Crippen molar-refractivity contribution in [1.29, 1.82) is 0 Å². The van der Waals surface area contributed by atoms with Gasteiger partial charge in [0.1, 0.15) is 5.82 Å². The van der Waals surface area contributed by atoms with Crippen LogP contribution in [0.3, 0.4) is 0 Å². The predicted octanol–water partition coefficient (Wildman–Crippen LogP) is 2.24. The topological polar surface area (TPSA) is 42.0 Å². The highest BCUT2D eigenvalue weighted by Gasteiger charge is 2.01. The maximum absolute atomic E-state index is 10.8. The summed E-state index contributed by atoms with van der Waals surface area (Å²) in [6.45, 7) is 5.81. The molecule has 1 aromatic heterocycles. The smallest absolute Gasteiger partial charge is 0.222 e. The van der Waals surface area contributed by atoms with Gasteiger partial charge in [0.2, 0.25) is 5.91 Å². The third-order valence-electron chi connectivity index (χ3n) is 1.77. The molecule has 0 saturated heterocycles.